The second-order valence-corrected chi connectivity index (χ2v) is 3.55. The summed E-state index contributed by atoms with van der Waals surface area (Å²) in [5.74, 6) is -0.164. The van der Waals surface area contributed by atoms with Gasteiger partial charge in [0.2, 0.25) is 0 Å². The van der Waals surface area contributed by atoms with Gasteiger partial charge in [0, 0.05) is 16.9 Å². The Labute approximate surface area is 74.5 Å². The van der Waals surface area contributed by atoms with Gasteiger partial charge in [0.25, 0.3) is 0 Å². The molecule has 0 spiro atoms. The molecule has 3 heteroatoms. The summed E-state index contributed by atoms with van der Waals surface area (Å²) in [7, 11) is 0. The molecule has 0 saturated carbocycles. The maximum atomic E-state index is 11.0. The van der Waals surface area contributed by atoms with Crippen LogP contribution >= 0.6 is 11.3 Å². The first-order valence-corrected chi connectivity index (χ1v) is 4.65. The van der Waals surface area contributed by atoms with Crippen molar-refractivity contribution >= 4 is 23.4 Å². The molecule has 12 heavy (non-hydrogen) atoms. The van der Waals surface area contributed by atoms with Crippen molar-refractivity contribution < 1.29 is 9.53 Å². The van der Waals surface area contributed by atoms with Gasteiger partial charge in [0.15, 0.2) is 0 Å². The Morgan fingerprint density at radius 2 is 2.50 bits per heavy atom. The van der Waals surface area contributed by atoms with Crippen molar-refractivity contribution in [3.63, 3.8) is 0 Å². The van der Waals surface area contributed by atoms with Crippen LogP contribution in [-0.2, 0) is 9.53 Å². The number of hydrogen-bond acceptors (Lipinski definition) is 3. The van der Waals surface area contributed by atoms with E-state index in [9.17, 15) is 4.79 Å². The van der Waals surface area contributed by atoms with Crippen LogP contribution in [0.3, 0.4) is 0 Å². The van der Waals surface area contributed by atoms with E-state index in [4.69, 9.17) is 4.74 Å². The lowest BCUT2D eigenvalue weighted by Gasteiger charge is -1.88. The van der Waals surface area contributed by atoms with E-state index >= 15 is 0 Å². The summed E-state index contributed by atoms with van der Waals surface area (Å²) >= 11 is 1.63. The first-order chi connectivity index (χ1) is 5.86. The van der Waals surface area contributed by atoms with Gasteiger partial charge in [0.05, 0.1) is 6.61 Å². The Morgan fingerprint density at radius 3 is 3.08 bits per heavy atom. The van der Waals surface area contributed by atoms with Crippen LogP contribution in [0.2, 0.25) is 0 Å². The van der Waals surface area contributed by atoms with Gasteiger partial charge in [-0.05, 0) is 17.5 Å². The van der Waals surface area contributed by atoms with Gasteiger partial charge >= 0.3 is 5.97 Å². The van der Waals surface area contributed by atoms with Crippen LogP contribution in [0.1, 0.15) is 11.3 Å². The molecule has 0 atom stereocenters. The number of hydrogen-bond donors (Lipinski definition) is 0. The summed E-state index contributed by atoms with van der Waals surface area (Å²) < 4.78 is 4.81. The zero-order valence-electron chi connectivity index (χ0n) is 6.45. The highest BCUT2D eigenvalue weighted by molar-refractivity contribution is 7.10. The van der Waals surface area contributed by atoms with Crippen molar-refractivity contribution in [3.8, 4) is 0 Å². The monoisotopic (exact) mass is 180 g/mol. The van der Waals surface area contributed by atoms with Crippen molar-refractivity contribution in [2.75, 3.05) is 6.61 Å². The molecule has 2 nitrogen and oxygen atoms in total. The standard InChI is InChI=1S/C9H8O2S/c10-9-7(3-4-11-9)6-8-2-1-5-12-8/h1-2,5-6H,3-4H2. The molecule has 62 valence electrons. The second-order valence-electron chi connectivity index (χ2n) is 2.57. The summed E-state index contributed by atoms with van der Waals surface area (Å²) in [6.45, 7) is 0.538. The number of cyclic esters (lactones) is 1. The van der Waals surface area contributed by atoms with E-state index in [1.54, 1.807) is 11.3 Å². The molecule has 1 aromatic heterocycles. The number of carbonyl (C=O) groups excluding carboxylic acids is 1. The van der Waals surface area contributed by atoms with Gasteiger partial charge in [-0.15, -0.1) is 11.3 Å². The van der Waals surface area contributed by atoms with Gasteiger partial charge in [0.1, 0.15) is 0 Å². The molecule has 2 rings (SSSR count). The maximum absolute atomic E-state index is 11.0. The van der Waals surface area contributed by atoms with E-state index in [1.165, 1.54) is 0 Å². The fourth-order valence-corrected chi connectivity index (χ4v) is 1.81. The van der Waals surface area contributed by atoms with E-state index in [-0.39, 0.29) is 5.97 Å². The Morgan fingerprint density at radius 1 is 1.58 bits per heavy atom. The first kappa shape index (κ1) is 7.55. The molecular weight excluding hydrogens is 172 g/mol. The van der Waals surface area contributed by atoms with E-state index in [0.29, 0.717) is 6.61 Å². The lowest BCUT2D eigenvalue weighted by atomic mass is 10.2. The van der Waals surface area contributed by atoms with Crippen LogP contribution in [0.25, 0.3) is 6.08 Å². The molecule has 2 heterocycles. The molecule has 0 aromatic carbocycles. The third-order valence-corrected chi connectivity index (χ3v) is 2.55. The van der Waals surface area contributed by atoms with Crippen molar-refractivity contribution in [1.29, 1.82) is 0 Å². The van der Waals surface area contributed by atoms with Gasteiger partial charge in [-0.2, -0.15) is 0 Å². The van der Waals surface area contributed by atoms with Crippen LogP contribution in [-0.4, -0.2) is 12.6 Å². The third-order valence-electron chi connectivity index (χ3n) is 1.73. The largest absolute Gasteiger partial charge is 0.462 e. The fourth-order valence-electron chi connectivity index (χ4n) is 1.12. The number of carbonyl (C=O) groups is 1. The molecule has 1 aromatic rings. The quantitative estimate of drug-likeness (QED) is 0.488. The van der Waals surface area contributed by atoms with Gasteiger partial charge in [-0.3, -0.25) is 0 Å². The summed E-state index contributed by atoms with van der Waals surface area (Å²) in [5.41, 5.74) is 0.789. The molecule has 1 aliphatic rings. The number of thiophene rings is 1. The average Bonchev–Trinajstić information content (AvgIpc) is 2.65. The Bertz CT molecular complexity index is 311. The lowest BCUT2D eigenvalue weighted by Crippen LogP contribution is -1.93. The molecule has 0 aliphatic carbocycles. The van der Waals surface area contributed by atoms with Crippen molar-refractivity contribution in [1.82, 2.24) is 0 Å². The highest BCUT2D eigenvalue weighted by Crippen LogP contribution is 2.19. The van der Waals surface area contributed by atoms with E-state index in [1.807, 2.05) is 23.6 Å². The van der Waals surface area contributed by atoms with Crippen molar-refractivity contribution in [3.05, 3.63) is 28.0 Å². The molecule has 1 aliphatic heterocycles. The minimum Gasteiger partial charge on any atom is -0.462 e. The van der Waals surface area contributed by atoms with Gasteiger partial charge in [-0.25, -0.2) is 4.79 Å². The van der Waals surface area contributed by atoms with E-state index < -0.39 is 0 Å². The third kappa shape index (κ3) is 1.41. The predicted octanol–water partition coefficient (Wildman–Crippen LogP) is 2.08. The number of rotatable bonds is 1. The molecule has 1 saturated heterocycles. The zero-order valence-corrected chi connectivity index (χ0v) is 7.26. The molecular formula is C9H8O2S. The topological polar surface area (TPSA) is 26.3 Å². The highest BCUT2D eigenvalue weighted by atomic mass is 32.1. The SMILES string of the molecule is O=C1OCCC1=Cc1cccs1. The second kappa shape index (κ2) is 3.11. The molecule has 0 bridgehead atoms. The van der Waals surface area contributed by atoms with Gasteiger partial charge < -0.3 is 4.74 Å². The number of esters is 1. The zero-order chi connectivity index (χ0) is 8.39. The van der Waals surface area contributed by atoms with Crippen LogP contribution < -0.4 is 0 Å². The van der Waals surface area contributed by atoms with Crippen LogP contribution in [0.4, 0.5) is 0 Å². The van der Waals surface area contributed by atoms with Crippen LogP contribution in [0, 0.1) is 0 Å². The summed E-state index contributed by atoms with van der Waals surface area (Å²) in [6.07, 6.45) is 2.65. The smallest absolute Gasteiger partial charge is 0.334 e. The molecule has 1 fully saturated rings. The Hall–Kier alpha value is -1.09. The van der Waals surface area contributed by atoms with Gasteiger partial charge in [-0.1, -0.05) is 6.07 Å². The maximum Gasteiger partial charge on any atom is 0.334 e. The normalized spacial score (nSPS) is 20.0. The Kier molecular flexibility index (Phi) is 1.96. The molecule has 0 unspecified atom stereocenters. The molecule has 0 N–H and O–H groups in total. The molecule has 0 radical (unpaired) electrons. The van der Waals surface area contributed by atoms with Crippen LogP contribution in [0.15, 0.2) is 23.1 Å². The number of ether oxygens (including phenoxy) is 1. The average molecular weight is 180 g/mol. The van der Waals surface area contributed by atoms with Crippen molar-refractivity contribution in [2.24, 2.45) is 0 Å². The highest BCUT2D eigenvalue weighted by Gasteiger charge is 2.18. The van der Waals surface area contributed by atoms with E-state index in [0.717, 1.165) is 16.9 Å². The minimum absolute atomic E-state index is 0.164. The first-order valence-electron chi connectivity index (χ1n) is 3.77. The Balaban J connectivity index is 2.23. The summed E-state index contributed by atoms with van der Waals surface area (Å²) in [5, 5.41) is 1.99. The van der Waals surface area contributed by atoms with Crippen LogP contribution in [0.5, 0.6) is 0 Å². The van der Waals surface area contributed by atoms with Crippen molar-refractivity contribution in [2.45, 2.75) is 6.42 Å². The lowest BCUT2D eigenvalue weighted by molar-refractivity contribution is -0.134. The molecule has 0 amide bonds. The fraction of sp³-hybridized carbons (Fsp3) is 0.222. The van der Waals surface area contributed by atoms with E-state index in [2.05, 4.69) is 0 Å². The minimum atomic E-state index is -0.164. The predicted molar refractivity (Wildman–Crippen MR) is 47.9 cm³/mol. The summed E-state index contributed by atoms with van der Waals surface area (Å²) in [6, 6.07) is 3.96. The summed E-state index contributed by atoms with van der Waals surface area (Å²) in [4.78, 5) is 12.1.